The number of rotatable bonds is 10. The molecule has 2 amide bonds. The Bertz CT molecular complexity index is 1280. The monoisotopic (exact) mass is 570 g/mol. The minimum atomic E-state index is -4.54. The molecule has 3 atom stereocenters. The van der Waals surface area contributed by atoms with Gasteiger partial charge in [-0.3, -0.25) is 9.59 Å². The maximum atomic E-state index is 13.8. The van der Waals surface area contributed by atoms with E-state index in [1.54, 1.807) is 25.1 Å². The molecule has 0 spiro atoms. The number of allylic oxidation sites excluding steroid dienone is 1. The average Bonchev–Trinajstić information content (AvgIpc) is 2.91. The predicted octanol–water partition coefficient (Wildman–Crippen LogP) is 3.85. The van der Waals surface area contributed by atoms with Crippen molar-refractivity contribution >= 4 is 30.5 Å². The van der Waals surface area contributed by atoms with Crippen molar-refractivity contribution in [3.8, 4) is 0 Å². The van der Waals surface area contributed by atoms with Crippen molar-refractivity contribution in [2.45, 2.75) is 63.6 Å². The number of aliphatic imine (C=N–C) groups is 1. The third-order valence-corrected chi connectivity index (χ3v) is 7.72. The second-order valence-corrected chi connectivity index (χ2v) is 10.9. The molecule has 1 aliphatic carbocycles. The molecule has 2 aliphatic rings. The van der Waals surface area contributed by atoms with Crippen molar-refractivity contribution in [1.82, 2.24) is 10.6 Å². The fraction of sp³-hybridized carbons (Fsp3) is 0.414. The van der Waals surface area contributed by atoms with Crippen LogP contribution in [0.3, 0.4) is 0 Å². The van der Waals surface area contributed by atoms with Crippen LogP contribution in [0.25, 0.3) is 0 Å². The maximum Gasteiger partial charge on any atom is 0.475 e. The lowest BCUT2D eigenvalue weighted by atomic mass is 9.69. The van der Waals surface area contributed by atoms with E-state index in [-0.39, 0.29) is 30.3 Å². The number of alkyl halides is 3. The van der Waals surface area contributed by atoms with Crippen molar-refractivity contribution in [3.05, 3.63) is 78.0 Å². The lowest BCUT2D eigenvalue weighted by molar-refractivity contribution is -0.137. The first-order valence-electron chi connectivity index (χ1n) is 13.6. The lowest BCUT2D eigenvalue weighted by Crippen LogP contribution is -2.58. The summed E-state index contributed by atoms with van der Waals surface area (Å²) in [7, 11) is -1.76. The van der Waals surface area contributed by atoms with E-state index >= 15 is 0 Å². The molecule has 0 radical (unpaired) electrons. The molecule has 4 rings (SSSR count). The Morgan fingerprint density at radius 2 is 1.83 bits per heavy atom. The first-order valence-corrected chi connectivity index (χ1v) is 13.6. The van der Waals surface area contributed by atoms with Gasteiger partial charge in [0.25, 0.3) is 0 Å². The Balaban J connectivity index is 1.54. The van der Waals surface area contributed by atoms with Gasteiger partial charge in [-0.25, -0.2) is 4.99 Å². The molecule has 1 fully saturated rings. The van der Waals surface area contributed by atoms with Crippen molar-refractivity contribution in [1.29, 1.82) is 0 Å². The predicted molar refractivity (Wildman–Crippen MR) is 151 cm³/mol. The molecule has 2 aromatic rings. The lowest BCUT2D eigenvalue weighted by Gasteiger charge is -2.34. The minimum absolute atomic E-state index is 0.113. The summed E-state index contributed by atoms with van der Waals surface area (Å²) in [5, 5.41) is 28.2. The summed E-state index contributed by atoms with van der Waals surface area (Å²) in [6.07, 6.45) is 2.29. The largest absolute Gasteiger partial charge is 0.475 e. The number of hydrogen-bond acceptors (Lipinski definition) is 6. The van der Waals surface area contributed by atoms with E-state index in [4.69, 9.17) is 0 Å². The quantitative estimate of drug-likeness (QED) is 0.278. The molecule has 2 aromatic carbocycles. The van der Waals surface area contributed by atoms with Crippen molar-refractivity contribution < 1.29 is 32.8 Å². The van der Waals surface area contributed by atoms with Gasteiger partial charge < -0.3 is 26.0 Å². The number of benzene rings is 2. The van der Waals surface area contributed by atoms with Crippen LogP contribution in [0.5, 0.6) is 0 Å². The van der Waals surface area contributed by atoms with E-state index < -0.39 is 48.1 Å². The molecule has 0 saturated heterocycles. The number of nitrogens with zero attached hydrogens (tertiary/aromatic N) is 1. The van der Waals surface area contributed by atoms with Crippen LogP contribution >= 0.6 is 0 Å². The van der Waals surface area contributed by atoms with Crippen LogP contribution in [-0.4, -0.2) is 46.8 Å². The maximum absolute atomic E-state index is 13.8. The molecular weight excluding hydrogens is 536 g/mol. The van der Waals surface area contributed by atoms with Gasteiger partial charge in [0.1, 0.15) is 17.3 Å². The minimum Gasteiger partial charge on any atom is -0.426 e. The number of carbonyl (C=O) groups is 2. The number of halogens is 3. The standard InChI is InChI=1S/C29H34BF3N4O4/c1-28(14-7-15-34-26(28)35-22-13-6-12-21(18-22)29(31,32)33)27(39)36-23(16-19-8-3-2-4-9-19)25(38)37-24(30(40)41)17-20-10-5-11-20/h2-4,6-9,12-13,15,18,20,23-24,40-41H,5,10-11,14,16-17H2,1H3,(H,34,35)(H,36,39)(H,37,38)/t23-,24-,28?/m0/s1. The summed E-state index contributed by atoms with van der Waals surface area (Å²) >= 11 is 0. The Morgan fingerprint density at radius 1 is 1.10 bits per heavy atom. The van der Waals surface area contributed by atoms with Gasteiger partial charge in [-0.1, -0.05) is 61.7 Å². The fourth-order valence-corrected chi connectivity index (χ4v) is 4.94. The zero-order chi connectivity index (χ0) is 29.6. The average molecular weight is 570 g/mol. The van der Waals surface area contributed by atoms with Crippen molar-refractivity contribution in [2.24, 2.45) is 16.3 Å². The molecule has 1 heterocycles. The molecule has 1 unspecified atom stereocenters. The molecule has 1 aliphatic heterocycles. The Labute approximate surface area is 237 Å². The van der Waals surface area contributed by atoms with Crippen molar-refractivity contribution in [3.63, 3.8) is 0 Å². The Hall–Kier alpha value is -3.64. The molecule has 41 heavy (non-hydrogen) atoms. The van der Waals surface area contributed by atoms with E-state index in [1.807, 2.05) is 18.2 Å². The third kappa shape index (κ3) is 7.77. The molecule has 1 saturated carbocycles. The van der Waals surface area contributed by atoms with Crippen LogP contribution in [0.2, 0.25) is 0 Å². The van der Waals surface area contributed by atoms with Crippen LogP contribution < -0.4 is 16.0 Å². The number of carbonyl (C=O) groups excluding carboxylic acids is 2. The highest BCUT2D eigenvalue weighted by molar-refractivity contribution is 6.43. The summed E-state index contributed by atoms with van der Waals surface area (Å²) in [5.74, 6) is -1.60. The highest BCUT2D eigenvalue weighted by atomic mass is 19.4. The van der Waals surface area contributed by atoms with Crippen LogP contribution in [-0.2, 0) is 22.2 Å². The number of hydrogen-bond donors (Lipinski definition) is 5. The van der Waals surface area contributed by atoms with Gasteiger partial charge in [-0.2, -0.15) is 13.2 Å². The zero-order valence-corrected chi connectivity index (χ0v) is 22.7. The zero-order valence-electron chi connectivity index (χ0n) is 22.7. The van der Waals surface area contributed by atoms with Crippen molar-refractivity contribution in [2.75, 3.05) is 5.32 Å². The number of anilines is 1. The number of nitrogens with one attached hydrogen (secondary N) is 3. The molecule has 218 valence electrons. The molecule has 5 N–H and O–H groups in total. The van der Waals surface area contributed by atoms with Gasteiger partial charge in [0.05, 0.1) is 11.5 Å². The van der Waals surface area contributed by atoms with E-state index in [0.29, 0.717) is 6.42 Å². The van der Waals surface area contributed by atoms with Gasteiger partial charge in [0, 0.05) is 18.3 Å². The fourth-order valence-electron chi connectivity index (χ4n) is 4.94. The first-order chi connectivity index (χ1) is 19.5. The van der Waals surface area contributed by atoms with Crippen LogP contribution in [0.4, 0.5) is 18.9 Å². The van der Waals surface area contributed by atoms with E-state index in [1.165, 1.54) is 18.3 Å². The van der Waals surface area contributed by atoms with Gasteiger partial charge in [0.2, 0.25) is 11.8 Å². The van der Waals surface area contributed by atoms with E-state index in [0.717, 1.165) is 37.0 Å². The molecule has 0 bridgehead atoms. The first kappa shape index (κ1) is 30.3. The number of amidine groups is 1. The van der Waals surface area contributed by atoms with Gasteiger partial charge in [0.15, 0.2) is 0 Å². The summed E-state index contributed by atoms with van der Waals surface area (Å²) in [4.78, 5) is 31.5. The summed E-state index contributed by atoms with van der Waals surface area (Å²) in [6.45, 7) is 1.60. The summed E-state index contributed by atoms with van der Waals surface area (Å²) in [6, 6.07) is 12.6. The van der Waals surface area contributed by atoms with E-state index in [9.17, 15) is 32.8 Å². The summed E-state index contributed by atoms with van der Waals surface area (Å²) in [5.41, 5.74) is -1.29. The second-order valence-electron chi connectivity index (χ2n) is 10.9. The highest BCUT2D eigenvalue weighted by Crippen LogP contribution is 2.33. The second kappa shape index (κ2) is 12.9. The van der Waals surface area contributed by atoms with Gasteiger partial charge in [-0.15, -0.1) is 0 Å². The topological polar surface area (TPSA) is 123 Å². The normalized spacial score (nSPS) is 20.3. The van der Waals surface area contributed by atoms with Crippen LogP contribution in [0, 0.1) is 11.3 Å². The SMILES string of the molecule is CC1(C(=O)N[C@@H](Cc2ccccc2)C(=O)N[C@@H](CC2CCC2)B(O)O)CC=CN=C1Nc1cccc(C(F)(F)F)c1. The van der Waals surface area contributed by atoms with Crippen LogP contribution in [0.15, 0.2) is 71.9 Å². The van der Waals surface area contributed by atoms with Gasteiger partial charge in [-0.05, 0) is 49.4 Å². The van der Waals surface area contributed by atoms with E-state index in [2.05, 4.69) is 20.9 Å². The smallest absolute Gasteiger partial charge is 0.426 e. The third-order valence-electron chi connectivity index (χ3n) is 7.72. The molecular formula is C29H34BF3N4O4. The molecule has 0 aromatic heterocycles. The number of amides is 2. The molecule has 12 heteroatoms. The van der Waals surface area contributed by atoms with Gasteiger partial charge >= 0.3 is 13.3 Å². The molecule has 8 nitrogen and oxygen atoms in total. The Morgan fingerprint density at radius 3 is 2.46 bits per heavy atom. The summed E-state index contributed by atoms with van der Waals surface area (Å²) < 4.78 is 39.8. The highest BCUT2D eigenvalue weighted by Gasteiger charge is 2.42. The Kier molecular flexibility index (Phi) is 9.55. The van der Waals surface area contributed by atoms with Crippen LogP contribution in [0.1, 0.15) is 50.2 Å².